The average molecular weight is 311 g/mol. The van der Waals surface area contributed by atoms with Crippen molar-refractivity contribution in [1.29, 1.82) is 5.26 Å². The lowest BCUT2D eigenvalue weighted by atomic mass is 10.1. The number of likely N-dealkylation sites (tertiary alicyclic amines) is 1. The maximum Gasteiger partial charge on any atom is 0.253 e. The van der Waals surface area contributed by atoms with Crippen LogP contribution in [-0.2, 0) is 10.0 Å². The number of sulfonamides is 1. The standard InChI is InChI=1S/C13H14FN3O3S/c1-16-21(19,20)11-4-5-17(8-11)13(18)9-2-3-12(14)10(6-9)7-15/h2-3,6,11,16H,4-5,8H2,1H3. The van der Waals surface area contributed by atoms with E-state index < -0.39 is 27.0 Å². The van der Waals surface area contributed by atoms with E-state index in [1.807, 2.05) is 0 Å². The molecule has 0 spiro atoms. The summed E-state index contributed by atoms with van der Waals surface area (Å²) in [6.07, 6.45) is 0.348. The molecule has 0 saturated carbocycles. The number of amides is 1. The molecule has 1 saturated heterocycles. The Morgan fingerprint density at radius 1 is 1.52 bits per heavy atom. The minimum absolute atomic E-state index is 0.0846. The molecule has 1 aromatic rings. The van der Waals surface area contributed by atoms with Gasteiger partial charge in [-0.2, -0.15) is 5.26 Å². The van der Waals surface area contributed by atoms with Crippen LogP contribution in [0.15, 0.2) is 18.2 Å². The molecule has 2 rings (SSSR count). The predicted molar refractivity (Wildman–Crippen MR) is 73.4 cm³/mol. The Bertz CT molecular complexity index is 712. The zero-order chi connectivity index (χ0) is 15.6. The molecule has 1 fully saturated rings. The zero-order valence-electron chi connectivity index (χ0n) is 11.3. The lowest BCUT2D eigenvalue weighted by molar-refractivity contribution is 0.0793. The van der Waals surface area contributed by atoms with Gasteiger partial charge in [0.1, 0.15) is 11.9 Å². The Balaban J connectivity index is 2.18. The zero-order valence-corrected chi connectivity index (χ0v) is 12.2. The highest BCUT2D eigenvalue weighted by atomic mass is 32.2. The van der Waals surface area contributed by atoms with E-state index in [1.165, 1.54) is 24.1 Å². The van der Waals surface area contributed by atoms with Gasteiger partial charge in [-0.25, -0.2) is 17.5 Å². The van der Waals surface area contributed by atoms with Crippen LogP contribution in [0.2, 0.25) is 0 Å². The van der Waals surface area contributed by atoms with Crippen molar-refractivity contribution in [2.45, 2.75) is 11.7 Å². The van der Waals surface area contributed by atoms with E-state index in [0.717, 1.165) is 6.07 Å². The van der Waals surface area contributed by atoms with Crippen LogP contribution in [0, 0.1) is 17.1 Å². The van der Waals surface area contributed by atoms with E-state index in [1.54, 1.807) is 6.07 Å². The molecule has 1 amide bonds. The van der Waals surface area contributed by atoms with E-state index in [4.69, 9.17) is 5.26 Å². The van der Waals surface area contributed by atoms with Crippen molar-refractivity contribution in [3.8, 4) is 6.07 Å². The maximum absolute atomic E-state index is 13.2. The number of hydrogen-bond donors (Lipinski definition) is 1. The number of halogens is 1. The van der Waals surface area contributed by atoms with E-state index in [9.17, 15) is 17.6 Å². The number of nitriles is 1. The van der Waals surface area contributed by atoms with Gasteiger partial charge in [0.15, 0.2) is 0 Å². The van der Waals surface area contributed by atoms with Crippen LogP contribution in [0.1, 0.15) is 22.3 Å². The Labute approximate surface area is 122 Å². The predicted octanol–water partition coefficient (Wildman–Crippen LogP) is 0.461. The van der Waals surface area contributed by atoms with E-state index >= 15 is 0 Å². The van der Waals surface area contributed by atoms with Crippen LogP contribution in [0.25, 0.3) is 0 Å². The summed E-state index contributed by atoms with van der Waals surface area (Å²) >= 11 is 0. The average Bonchev–Trinajstić information content (AvgIpc) is 2.97. The van der Waals surface area contributed by atoms with Crippen molar-refractivity contribution in [1.82, 2.24) is 9.62 Å². The van der Waals surface area contributed by atoms with Crippen LogP contribution in [-0.4, -0.2) is 44.6 Å². The second-order valence-corrected chi connectivity index (χ2v) is 6.88. The lowest BCUT2D eigenvalue weighted by Gasteiger charge is -2.16. The van der Waals surface area contributed by atoms with Gasteiger partial charge >= 0.3 is 0 Å². The Morgan fingerprint density at radius 2 is 2.24 bits per heavy atom. The second kappa shape index (κ2) is 5.79. The highest BCUT2D eigenvalue weighted by molar-refractivity contribution is 7.90. The third kappa shape index (κ3) is 3.04. The number of rotatable bonds is 3. The third-order valence-corrected chi connectivity index (χ3v) is 5.32. The van der Waals surface area contributed by atoms with Gasteiger partial charge in [-0.15, -0.1) is 0 Å². The molecule has 0 radical (unpaired) electrons. The summed E-state index contributed by atoms with van der Waals surface area (Å²) < 4.78 is 38.9. The van der Waals surface area contributed by atoms with Crippen molar-refractivity contribution in [2.24, 2.45) is 0 Å². The lowest BCUT2D eigenvalue weighted by Crippen LogP contribution is -2.36. The van der Waals surface area contributed by atoms with Crippen LogP contribution >= 0.6 is 0 Å². The van der Waals surface area contributed by atoms with Crippen LogP contribution in [0.4, 0.5) is 4.39 Å². The van der Waals surface area contributed by atoms with Crippen molar-refractivity contribution in [2.75, 3.05) is 20.1 Å². The summed E-state index contributed by atoms with van der Waals surface area (Å²) in [6, 6.07) is 5.20. The minimum atomic E-state index is -3.42. The van der Waals surface area contributed by atoms with E-state index in [-0.39, 0.29) is 17.7 Å². The van der Waals surface area contributed by atoms with Crippen LogP contribution < -0.4 is 4.72 Å². The number of nitrogens with zero attached hydrogens (tertiary/aromatic N) is 2. The van der Waals surface area contributed by atoms with Crippen LogP contribution in [0.5, 0.6) is 0 Å². The first kappa shape index (κ1) is 15.4. The second-order valence-electron chi connectivity index (χ2n) is 4.72. The van der Waals surface area contributed by atoms with Gasteiger partial charge in [0.25, 0.3) is 5.91 Å². The SMILES string of the molecule is CNS(=O)(=O)C1CCN(C(=O)c2ccc(F)c(C#N)c2)C1. The smallest absolute Gasteiger partial charge is 0.253 e. The number of carbonyl (C=O) groups excluding carboxylic acids is 1. The van der Waals surface area contributed by atoms with Crippen molar-refractivity contribution in [3.05, 3.63) is 35.1 Å². The van der Waals surface area contributed by atoms with Gasteiger partial charge in [0.2, 0.25) is 10.0 Å². The molecule has 6 nitrogen and oxygen atoms in total. The number of nitrogens with one attached hydrogen (secondary N) is 1. The number of benzene rings is 1. The summed E-state index contributed by atoms with van der Waals surface area (Å²) in [6.45, 7) is 0.394. The Morgan fingerprint density at radius 3 is 2.86 bits per heavy atom. The molecule has 21 heavy (non-hydrogen) atoms. The molecular weight excluding hydrogens is 297 g/mol. The summed E-state index contributed by atoms with van der Waals surface area (Å²) in [5.74, 6) is -1.09. The molecule has 0 aromatic heterocycles. The topological polar surface area (TPSA) is 90.3 Å². The summed E-state index contributed by atoms with van der Waals surface area (Å²) in [7, 11) is -2.09. The molecule has 8 heteroatoms. The maximum atomic E-state index is 13.2. The molecule has 1 aromatic carbocycles. The van der Waals surface area contributed by atoms with Crippen LogP contribution in [0.3, 0.4) is 0 Å². The molecule has 112 valence electrons. The van der Waals surface area contributed by atoms with Gasteiger partial charge < -0.3 is 4.90 Å². The first-order valence-corrected chi connectivity index (χ1v) is 7.85. The fraction of sp³-hybridized carbons (Fsp3) is 0.385. The van der Waals surface area contributed by atoms with E-state index in [0.29, 0.717) is 13.0 Å². The fourth-order valence-electron chi connectivity index (χ4n) is 2.26. The normalized spacial score (nSPS) is 18.5. The van der Waals surface area contributed by atoms with Gasteiger partial charge in [0.05, 0.1) is 10.8 Å². The molecule has 0 bridgehead atoms. The summed E-state index contributed by atoms with van der Waals surface area (Å²) in [4.78, 5) is 13.7. The molecule has 1 aliphatic rings. The fourth-order valence-corrected chi connectivity index (χ4v) is 3.38. The number of hydrogen-bond acceptors (Lipinski definition) is 4. The summed E-state index contributed by atoms with van der Waals surface area (Å²) in [5, 5.41) is 8.12. The third-order valence-electron chi connectivity index (χ3n) is 3.49. The van der Waals surface area contributed by atoms with Crippen molar-refractivity contribution < 1.29 is 17.6 Å². The Kier molecular flexibility index (Phi) is 4.25. The highest BCUT2D eigenvalue weighted by Gasteiger charge is 2.34. The monoisotopic (exact) mass is 311 g/mol. The van der Waals surface area contributed by atoms with Gasteiger partial charge in [-0.05, 0) is 31.7 Å². The molecule has 1 atom stereocenters. The van der Waals surface area contributed by atoms with E-state index in [2.05, 4.69) is 4.72 Å². The molecule has 1 N–H and O–H groups in total. The summed E-state index contributed by atoms with van der Waals surface area (Å²) in [5.41, 5.74) is -0.0325. The molecule has 0 aliphatic carbocycles. The molecule has 1 heterocycles. The van der Waals surface area contributed by atoms with Gasteiger partial charge in [-0.1, -0.05) is 0 Å². The Hall–Kier alpha value is -1.98. The first-order chi connectivity index (χ1) is 9.89. The highest BCUT2D eigenvalue weighted by Crippen LogP contribution is 2.19. The molecule has 1 aliphatic heterocycles. The first-order valence-electron chi connectivity index (χ1n) is 6.30. The molecule has 1 unspecified atom stereocenters. The molecular formula is C13H14FN3O3S. The minimum Gasteiger partial charge on any atom is -0.337 e. The van der Waals surface area contributed by atoms with Crippen molar-refractivity contribution in [3.63, 3.8) is 0 Å². The van der Waals surface area contributed by atoms with Crippen molar-refractivity contribution >= 4 is 15.9 Å². The van der Waals surface area contributed by atoms with Gasteiger partial charge in [0, 0.05) is 18.7 Å². The number of carbonyl (C=O) groups is 1. The van der Waals surface area contributed by atoms with Gasteiger partial charge in [-0.3, -0.25) is 4.79 Å². The largest absolute Gasteiger partial charge is 0.337 e. The quantitative estimate of drug-likeness (QED) is 0.878.